The van der Waals surface area contributed by atoms with Crippen molar-refractivity contribution in [1.29, 1.82) is 0 Å². The van der Waals surface area contributed by atoms with Crippen LogP contribution in [0.25, 0.3) is 5.70 Å². The van der Waals surface area contributed by atoms with Crippen molar-refractivity contribution in [1.82, 2.24) is 10.9 Å². The van der Waals surface area contributed by atoms with E-state index in [1.165, 1.54) is 5.56 Å². The Morgan fingerprint density at radius 1 is 1.04 bits per heavy atom. The van der Waals surface area contributed by atoms with Crippen LogP contribution in [0.5, 0.6) is 0 Å². The molecule has 2 unspecified atom stereocenters. The summed E-state index contributed by atoms with van der Waals surface area (Å²) in [4.78, 5) is 12.5. The number of allylic oxidation sites excluding steroid dienone is 1. The van der Waals surface area contributed by atoms with Gasteiger partial charge in [-0.15, -0.1) is 0 Å². The molecule has 2 atom stereocenters. The van der Waals surface area contributed by atoms with Gasteiger partial charge in [-0.05, 0) is 36.3 Å². The molecule has 3 nitrogen and oxygen atoms in total. The van der Waals surface area contributed by atoms with Gasteiger partial charge in [-0.3, -0.25) is 15.6 Å². The van der Waals surface area contributed by atoms with Crippen molar-refractivity contribution in [3.63, 3.8) is 0 Å². The highest BCUT2D eigenvalue weighted by atomic mass is 16.2. The molecule has 0 saturated heterocycles. The number of nitrogens with one attached hydrogen (secondary N) is 2. The molecule has 3 rings (SSSR count). The van der Waals surface area contributed by atoms with E-state index in [0.717, 1.165) is 36.9 Å². The van der Waals surface area contributed by atoms with Crippen molar-refractivity contribution in [3.8, 4) is 0 Å². The minimum atomic E-state index is 0.0718. The molecule has 1 saturated carbocycles. The second-order valence-corrected chi connectivity index (χ2v) is 6.60. The lowest BCUT2D eigenvalue weighted by Gasteiger charge is -2.13. The van der Waals surface area contributed by atoms with Gasteiger partial charge in [-0.1, -0.05) is 80.1 Å². The Bertz CT molecular complexity index is 709. The zero-order valence-electron chi connectivity index (χ0n) is 14.7. The average Bonchev–Trinajstić information content (AvgIpc) is 3.47. The van der Waals surface area contributed by atoms with E-state index in [1.807, 2.05) is 36.4 Å². The first-order chi connectivity index (χ1) is 12.3. The summed E-state index contributed by atoms with van der Waals surface area (Å²) in [5, 5.41) is 0. The van der Waals surface area contributed by atoms with E-state index in [4.69, 9.17) is 0 Å². The van der Waals surface area contributed by atoms with Crippen molar-refractivity contribution >= 4 is 11.6 Å². The molecule has 0 aromatic heterocycles. The molecule has 1 aliphatic rings. The molecule has 2 aromatic rings. The highest BCUT2D eigenvalue weighted by Gasteiger charge is 2.43. The maximum Gasteiger partial charge on any atom is 0.242 e. The van der Waals surface area contributed by atoms with E-state index in [2.05, 4.69) is 48.1 Å². The lowest BCUT2D eigenvalue weighted by molar-refractivity contribution is -0.123. The average molecular weight is 334 g/mol. The molecule has 130 valence electrons. The summed E-state index contributed by atoms with van der Waals surface area (Å²) in [5.41, 5.74) is 9.38. The molecule has 3 heteroatoms. The van der Waals surface area contributed by atoms with Crippen LogP contribution in [0.1, 0.15) is 49.7 Å². The molecule has 0 heterocycles. The summed E-state index contributed by atoms with van der Waals surface area (Å²) in [6, 6.07) is 20.4. The van der Waals surface area contributed by atoms with E-state index >= 15 is 0 Å². The molecule has 0 bridgehead atoms. The maximum absolute atomic E-state index is 12.5. The van der Waals surface area contributed by atoms with Crippen molar-refractivity contribution in [2.45, 2.75) is 38.5 Å². The predicted molar refractivity (Wildman–Crippen MR) is 103 cm³/mol. The molecule has 1 amide bonds. The second-order valence-electron chi connectivity index (χ2n) is 6.60. The number of rotatable bonds is 8. The molecule has 25 heavy (non-hydrogen) atoms. The fourth-order valence-corrected chi connectivity index (χ4v) is 3.08. The summed E-state index contributed by atoms with van der Waals surface area (Å²) in [6.07, 6.45) is 6.40. The Labute approximate surface area is 150 Å². The fourth-order valence-electron chi connectivity index (χ4n) is 3.08. The molecular formula is C22H26N2O. The van der Waals surface area contributed by atoms with Crippen LogP contribution in [0.4, 0.5) is 0 Å². The van der Waals surface area contributed by atoms with Gasteiger partial charge in [0.1, 0.15) is 0 Å². The highest BCUT2D eigenvalue weighted by molar-refractivity contribution is 5.83. The van der Waals surface area contributed by atoms with Crippen LogP contribution in [0.3, 0.4) is 0 Å². The number of amides is 1. The lowest BCUT2D eigenvalue weighted by atomic mass is 10.1. The van der Waals surface area contributed by atoms with Crippen molar-refractivity contribution < 1.29 is 4.79 Å². The maximum atomic E-state index is 12.5. The van der Waals surface area contributed by atoms with Gasteiger partial charge in [-0.2, -0.15) is 0 Å². The molecule has 2 aromatic carbocycles. The summed E-state index contributed by atoms with van der Waals surface area (Å²) in [6.45, 7) is 2.18. The third-order valence-corrected chi connectivity index (χ3v) is 4.67. The number of benzene rings is 2. The molecule has 1 fully saturated rings. The van der Waals surface area contributed by atoms with Gasteiger partial charge in [0.15, 0.2) is 0 Å². The Kier molecular flexibility index (Phi) is 5.89. The van der Waals surface area contributed by atoms with Gasteiger partial charge in [-0.25, -0.2) is 0 Å². The van der Waals surface area contributed by atoms with E-state index < -0.39 is 0 Å². The van der Waals surface area contributed by atoms with Crippen LogP contribution in [-0.4, -0.2) is 5.91 Å². The SMILES string of the molecule is CCCCC=C(NNC(=O)C1CC1c1ccccc1)c1ccccc1. The van der Waals surface area contributed by atoms with Gasteiger partial charge in [0.05, 0.1) is 5.70 Å². The standard InChI is InChI=1S/C22H26N2O/c1-2-3-6-15-21(18-13-9-5-10-14-18)23-24-22(25)20-16-19(20)17-11-7-4-8-12-17/h4-5,7-15,19-20,23H,2-3,6,16H2,1H3,(H,24,25). The Morgan fingerprint density at radius 3 is 2.40 bits per heavy atom. The van der Waals surface area contributed by atoms with Crippen molar-refractivity contribution in [3.05, 3.63) is 77.9 Å². The topological polar surface area (TPSA) is 41.1 Å². The van der Waals surface area contributed by atoms with Crippen LogP contribution >= 0.6 is 0 Å². The number of hydrogen-bond donors (Lipinski definition) is 2. The number of hydrazine groups is 1. The van der Waals surface area contributed by atoms with E-state index in [1.54, 1.807) is 0 Å². The number of carbonyl (C=O) groups excluding carboxylic acids is 1. The minimum absolute atomic E-state index is 0.0718. The molecule has 1 aliphatic carbocycles. The largest absolute Gasteiger partial charge is 0.298 e. The fraction of sp³-hybridized carbons (Fsp3) is 0.318. The van der Waals surface area contributed by atoms with Crippen LogP contribution in [-0.2, 0) is 4.79 Å². The minimum Gasteiger partial charge on any atom is -0.298 e. The lowest BCUT2D eigenvalue weighted by Crippen LogP contribution is -2.37. The molecule has 0 aliphatic heterocycles. The Morgan fingerprint density at radius 2 is 1.72 bits per heavy atom. The summed E-state index contributed by atoms with van der Waals surface area (Å²) in [5.74, 6) is 0.501. The third kappa shape index (κ3) is 4.72. The zero-order chi connectivity index (χ0) is 17.5. The number of unbranched alkanes of at least 4 members (excludes halogenated alkanes) is 2. The Hall–Kier alpha value is -2.55. The van der Waals surface area contributed by atoms with E-state index in [-0.39, 0.29) is 11.8 Å². The van der Waals surface area contributed by atoms with Gasteiger partial charge >= 0.3 is 0 Å². The third-order valence-electron chi connectivity index (χ3n) is 4.67. The molecule has 0 spiro atoms. The van der Waals surface area contributed by atoms with Crippen LogP contribution < -0.4 is 10.9 Å². The predicted octanol–water partition coefficient (Wildman–Crippen LogP) is 4.64. The van der Waals surface area contributed by atoms with Gasteiger partial charge < -0.3 is 0 Å². The van der Waals surface area contributed by atoms with Crippen LogP contribution in [0, 0.1) is 5.92 Å². The molecular weight excluding hydrogens is 308 g/mol. The van der Waals surface area contributed by atoms with Crippen LogP contribution in [0.2, 0.25) is 0 Å². The summed E-state index contributed by atoms with van der Waals surface area (Å²) in [7, 11) is 0. The number of carbonyl (C=O) groups is 1. The quantitative estimate of drug-likeness (QED) is 0.545. The van der Waals surface area contributed by atoms with Crippen LogP contribution in [0.15, 0.2) is 66.7 Å². The summed E-state index contributed by atoms with van der Waals surface area (Å²) >= 11 is 0. The summed E-state index contributed by atoms with van der Waals surface area (Å²) < 4.78 is 0. The first kappa shape index (κ1) is 17.3. The Balaban J connectivity index is 1.58. The monoisotopic (exact) mass is 334 g/mol. The second kappa shape index (κ2) is 8.52. The highest BCUT2D eigenvalue weighted by Crippen LogP contribution is 2.47. The van der Waals surface area contributed by atoms with Gasteiger partial charge in [0.2, 0.25) is 5.91 Å². The molecule has 0 radical (unpaired) electrons. The normalized spacial score (nSPS) is 19.3. The van der Waals surface area contributed by atoms with Gasteiger partial charge in [0.25, 0.3) is 0 Å². The van der Waals surface area contributed by atoms with Crippen molar-refractivity contribution in [2.75, 3.05) is 0 Å². The molecule has 2 N–H and O–H groups in total. The smallest absolute Gasteiger partial charge is 0.242 e. The van der Waals surface area contributed by atoms with Crippen molar-refractivity contribution in [2.24, 2.45) is 5.92 Å². The van der Waals surface area contributed by atoms with E-state index in [9.17, 15) is 4.79 Å². The number of hydrogen-bond acceptors (Lipinski definition) is 2. The van der Waals surface area contributed by atoms with E-state index in [0.29, 0.717) is 5.92 Å². The first-order valence-electron chi connectivity index (χ1n) is 9.16. The van der Waals surface area contributed by atoms with Gasteiger partial charge in [0, 0.05) is 5.92 Å². The zero-order valence-corrected chi connectivity index (χ0v) is 14.7. The first-order valence-corrected chi connectivity index (χ1v) is 9.16.